The lowest BCUT2D eigenvalue weighted by atomic mass is 10.00. The second-order valence-corrected chi connectivity index (χ2v) is 7.55. The Balaban J connectivity index is 1.47. The Morgan fingerprint density at radius 3 is 2.14 bits per heavy atom. The lowest BCUT2D eigenvalue weighted by Gasteiger charge is -2.35. The van der Waals surface area contributed by atoms with Crippen molar-refractivity contribution >= 4 is 23.5 Å². The number of amides is 3. The molecule has 0 aromatic heterocycles. The molecule has 0 spiro atoms. The maximum atomic E-state index is 12.7. The molecule has 3 amide bonds. The molecule has 6 heteroatoms. The lowest BCUT2D eigenvalue weighted by Crippen LogP contribution is -2.46. The highest BCUT2D eigenvalue weighted by Gasteiger charge is 2.26. The molecular formula is C23H29N3O3. The molecule has 0 saturated carbocycles. The first-order valence-corrected chi connectivity index (χ1v) is 10.2. The first-order valence-electron chi connectivity index (χ1n) is 10.2. The number of rotatable bonds is 5. The smallest absolute Gasteiger partial charge is 0.411 e. The largest absolute Gasteiger partial charge is 0.449 e. The molecular weight excluding hydrogens is 366 g/mol. The van der Waals surface area contributed by atoms with Crippen LogP contribution in [-0.4, -0.2) is 36.2 Å². The molecule has 29 heavy (non-hydrogen) atoms. The molecule has 6 nitrogen and oxygen atoms in total. The van der Waals surface area contributed by atoms with Crippen LogP contribution in [0.2, 0.25) is 0 Å². The van der Waals surface area contributed by atoms with Crippen molar-refractivity contribution in [1.29, 1.82) is 0 Å². The van der Waals surface area contributed by atoms with E-state index in [2.05, 4.69) is 10.6 Å². The summed E-state index contributed by atoms with van der Waals surface area (Å²) in [6.45, 7) is 5.00. The van der Waals surface area contributed by atoms with Gasteiger partial charge in [-0.2, -0.15) is 0 Å². The molecule has 0 bridgehead atoms. The third-order valence-electron chi connectivity index (χ3n) is 5.17. The number of carbonyl (C=O) groups is 2. The van der Waals surface area contributed by atoms with Gasteiger partial charge in [0.05, 0.1) is 6.61 Å². The van der Waals surface area contributed by atoms with Gasteiger partial charge in [0.25, 0.3) is 0 Å². The Morgan fingerprint density at radius 2 is 1.52 bits per heavy atom. The van der Waals surface area contributed by atoms with Gasteiger partial charge in [0.1, 0.15) is 0 Å². The molecule has 0 unspecified atom stereocenters. The van der Waals surface area contributed by atoms with Crippen molar-refractivity contribution in [2.24, 2.45) is 0 Å². The molecule has 1 atom stereocenters. The van der Waals surface area contributed by atoms with Gasteiger partial charge < -0.3 is 15.0 Å². The number of hydrogen-bond acceptors (Lipinski definition) is 3. The third kappa shape index (κ3) is 6.24. The Hall–Kier alpha value is -3.02. The van der Waals surface area contributed by atoms with Gasteiger partial charge >= 0.3 is 12.1 Å². The number of benzene rings is 2. The normalized spacial score (nSPS) is 16.2. The van der Waals surface area contributed by atoms with Gasteiger partial charge in [0.15, 0.2) is 0 Å². The molecule has 1 aliphatic rings. The number of piperidine rings is 1. The maximum Gasteiger partial charge on any atom is 0.411 e. The van der Waals surface area contributed by atoms with Crippen LogP contribution in [0, 0.1) is 13.8 Å². The number of aryl methyl sites for hydroxylation is 2. The predicted octanol–water partition coefficient (Wildman–Crippen LogP) is 5.33. The van der Waals surface area contributed by atoms with Gasteiger partial charge in [0, 0.05) is 30.4 Å². The summed E-state index contributed by atoms with van der Waals surface area (Å²) < 4.78 is 5.33. The van der Waals surface area contributed by atoms with E-state index in [1.165, 1.54) is 0 Å². The molecule has 0 radical (unpaired) electrons. The number of urea groups is 1. The number of anilines is 2. The highest BCUT2D eigenvalue weighted by Crippen LogP contribution is 2.21. The topological polar surface area (TPSA) is 70.7 Å². The fraction of sp³-hybridized carbons (Fsp3) is 0.391. The van der Waals surface area contributed by atoms with E-state index in [1.54, 1.807) is 0 Å². The Bertz CT molecular complexity index is 818. The average Bonchev–Trinajstić information content (AvgIpc) is 2.72. The summed E-state index contributed by atoms with van der Waals surface area (Å²) in [5.74, 6) is 0. The van der Waals surface area contributed by atoms with Crippen molar-refractivity contribution in [2.75, 3.05) is 23.8 Å². The summed E-state index contributed by atoms with van der Waals surface area (Å²) in [6.07, 6.45) is 3.15. The first kappa shape index (κ1) is 20.7. The Labute approximate surface area is 172 Å². The van der Waals surface area contributed by atoms with E-state index in [0.29, 0.717) is 12.1 Å². The zero-order valence-electron chi connectivity index (χ0n) is 17.1. The second kappa shape index (κ2) is 9.96. The molecule has 1 fully saturated rings. The lowest BCUT2D eigenvalue weighted by molar-refractivity contribution is 0.123. The summed E-state index contributed by atoms with van der Waals surface area (Å²) in [5, 5.41) is 5.70. The first-order chi connectivity index (χ1) is 14.0. The fourth-order valence-electron chi connectivity index (χ4n) is 3.48. The van der Waals surface area contributed by atoms with Crippen LogP contribution >= 0.6 is 0 Å². The van der Waals surface area contributed by atoms with Crippen molar-refractivity contribution < 1.29 is 14.3 Å². The summed E-state index contributed by atoms with van der Waals surface area (Å²) in [7, 11) is 0. The minimum absolute atomic E-state index is 0.0707. The van der Waals surface area contributed by atoms with E-state index in [9.17, 15) is 9.59 Å². The highest BCUT2D eigenvalue weighted by molar-refractivity contribution is 5.89. The van der Waals surface area contributed by atoms with Crippen molar-refractivity contribution in [3.05, 3.63) is 59.7 Å². The zero-order chi connectivity index (χ0) is 20.6. The van der Waals surface area contributed by atoms with Gasteiger partial charge in [-0.15, -0.1) is 0 Å². The van der Waals surface area contributed by atoms with Gasteiger partial charge in [-0.3, -0.25) is 5.32 Å². The minimum Gasteiger partial charge on any atom is -0.449 e. The molecule has 2 N–H and O–H groups in total. The fourth-order valence-corrected chi connectivity index (χ4v) is 3.48. The van der Waals surface area contributed by atoms with Crippen LogP contribution in [0.3, 0.4) is 0 Å². The molecule has 3 rings (SSSR count). The van der Waals surface area contributed by atoms with Gasteiger partial charge in [-0.05, 0) is 57.4 Å². The van der Waals surface area contributed by atoms with E-state index < -0.39 is 6.09 Å². The summed E-state index contributed by atoms with van der Waals surface area (Å²) >= 11 is 0. The summed E-state index contributed by atoms with van der Waals surface area (Å²) in [4.78, 5) is 26.6. The van der Waals surface area contributed by atoms with E-state index >= 15 is 0 Å². The Kier molecular flexibility index (Phi) is 7.11. The minimum atomic E-state index is -0.472. The van der Waals surface area contributed by atoms with E-state index in [4.69, 9.17) is 4.74 Å². The highest BCUT2D eigenvalue weighted by atomic mass is 16.5. The van der Waals surface area contributed by atoms with Crippen LogP contribution in [-0.2, 0) is 4.74 Å². The van der Waals surface area contributed by atoms with Crippen molar-refractivity contribution in [3.63, 3.8) is 0 Å². The van der Waals surface area contributed by atoms with Crippen LogP contribution in [0.25, 0.3) is 0 Å². The van der Waals surface area contributed by atoms with Crippen molar-refractivity contribution in [2.45, 2.75) is 45.6 Å². The van der Waals surface area contributed by atoms with Crippen LogP contribution in [0.4, 0.5) is 21.0 Å². The maximum absolute atomic E-state index is 12.7. The van der Waals surface area contributed by atoms with E-state index in [-0.39, 0.29) is 18.7 Å². The molecule has 0 aliphatic carbocycles. The standard InChI is InChI=1S/C23H29N3O3/c1-17-6-10-19(11-7-17)24-22(27)26-15-4-3-5-21(26)14-16-29-23(28)25-20-12-8-18(2)9-13-20/h6-13,21H,3-5,14-16H2,1-2H3,(H,24,27)(H,25,28)/t21-/m1/s1. The van der Waals surface area contributed by atoms with Crippen molar-refractivity contribution in [3.8, 4) is 0 Å². The van der Waals surface area contributed by atoms with Crippen molar-refractivity contribution in [1.82, 2.24) is 4.90 Å². The summed E-state index contributed by atoms with van der Waals surface area (Å²) in [6, 6.07) is 15.3. The molecule has 2 aromatic rings. The second-order valence-electron chi connectivity index (χ2n) is 7.55. The summed E-state index contributed by atoms with van der Waals surface area (Å²) in [5.41, 5.74) is 3.78. The number of carbonyl (C=O) groups excluding carboxylic acids is 2. The zero-order valence-corrected chi connectivity index (χ0v) is 17.1. The SMILES string of the molecule is Cc1ccc(NC(=O)OCC[C@H]2CCCCN2C(=O)Nc2ccc(C)cc2)cc1. The number of likely N-dealkylation sites (tertiary alicyclic amines) is 1. The van der Waals surface area contributed by atoms with Crippen LogP contribution in [0.5, 0.6) is 0 Å². The average molecular weight is 396 g/mol. The molecule has 154 valence electrons. The van der Waals surface area contributed by atoms with E-state index in [0.717, 1.165) is 42.6 Å². The molecule has 2 aromatic carbocycles. The number of hydrogen-bond donors (Lipinski definition) is 2. The van der Waals surface area contributed by atoms with Crippen LogP contribution < -0.4 is 10.6 Å². The van der Waals surface area contributed by atoms with Gasteiger partial charge in [-0.25, -0.2) is 9.59 Å². The number of nitrogens with zero attached hydrogens (tertiary/aromatic N) is 1. The number of nitrogens with one attached hydrogen (secondary N) is 2. The monoisotopic (exact) mass is 395 g/mol. The molecule has 1 aliphatic heterocycles. The predicted molar refractivity (Wildman–Crippen MR) is 115 cm³/mol. The molecule has 1 heterocycles. The third-order valence-corrected chi connectivity index (χ3v) is 5.17. The molecule has 1 saturated heterocycles. The number of ether oxygens (including phenoxy) is 1. The Morgan fingerprint density at radius 1 is 0.931 bits per heavy atom. The van der Waals surface area contributed by atoms with Crippen LogP contribution in [0.15, 0.2) is 48.5 Å². The quantitative estimate of drug-likeness (QED) is 0.719. The van der Waals surface area contributed by atoms with E-state index in [1.807, 2.05) is 67.3 Å². The van der Waals surface area contributed by atoms with Crippen LogP contribution in [0.1, 0.15) is 36.8 Å². The van der Waals surface area contributed by atoms with Gasteiger partial charge in [-0.1, -0.05) is 35.4 Å². The van der Waals surface area contributed by atoms with Gasteiger partial charge in [0.2, 0.25) is 0 Å².